The molecule has 0 unspecified atom stereocenters. The van der Waals surface area contributed by atoms with Crippen LogP contribution in [0.2, 0.25) is 0 Å². The van der Waals surface area contributed by atoms with E-state index in [0.29, 0.717) is 12.2 Å². The Bertz CT molecular complexity index is 986. The summed E-state index contributed by atoms with van der Waals surface area (Å²) in [7, 11) is 1.78. The first kappa shape index (κ1) is 22.1. The normalized spacial score (nSPS) is 11.2. The van der Waals surface area contributed by atoms with E-state index in [-0.39, 0.29) is 29.9 Å². The highest BCUT2D eigenvalue weighted by Crippen LogP contribution is 2.17. The minimum atomic E-state index is -1.30. The lowest BCUT2D eigenvalue weighted by atomic mass is 10.1. The summed E-state index contributed by atoms with van der Waals surface area (Å²) in [6.07, 6.45) is 0.880. The summed E-state index contributed by atoms with van der Waals surface area (Å²) in [5, 5.41) is 29.1. The molecule has 11 heteroatoms. The van der Waals surface area contributed by atoms with Crippen LogP contribution in [0, 0.1) is 11.3 Å². The molecule has 0 fully saturated rings. The number of carbonyl (C=O) groups excluding carboxylic acids is 1. The van der Waals surface area contributed by atoms with Crippen LogP contribution >= 0.6 is 0 Å². The van der Waals surface area contributed by atoms with Gasteiger partial charge in [0.1, 0.15) is 12.1 Å². The van der Waals surface area contributed by atoms with Gasteiger partial charge in [0.2, 0.25) is 0 Å². The lowest BCUT2D eigenvalue weighted by molar-refractivity contribution is -0.140. The Labute approximate surface area is 171 Å². The summed E-state index contributed by atoms with van der Waals surface area (Å²) in [6, 6.07) is 6.94. The van der Waals surface area contributed by atoms with Crippen LogP contribution in [-0.2, 0) is 16.1 Å². The zero-order chi connectivity index (χ0) is 22.3. The van der Waals surface area contributed by atoms with E-state index in [0.717, 1.165) is 5.69 Å². The number of hydrogen-bond donors (Lipinski definition) is 4. The Morgan fingerprint density at radius 3 is 2.50 bits per heavy atom. The van der Waals surface area contributed by atoms with Crippen molar-refractivity contribution in [3.05, 3.63) is 47.4 Å². The van der Waals surface area contributed by atoms with Crippen molar-refractivity contribution in [3.63, 3.8) is 0 Å². The van der Waals surface area contributed by atoms with Crippen LogP contribution < -0.4 is 16.0 Å². The SMILES string of the molecule is CN(Cc1cnc(N)c(C#N)n1)c1ccc(C(=O)N[C@@H](CCC(=O)O)C(=O)O)cc1. The first-order valence-corrected chi connectivity index (χ1v) is 8.79. The predicted octanol–water partition coefficient (Wildman–Crippen LogP) is 0.615. The molecular formula is C19H20N6O5. The molecule has 1 heterocycles. The number of rotatable bonds is 9. The summed E-state index contributed by atoms with van der Waals surface area (Å²) >= 11 is 0. The molecule has 1 aromatic heterocycles. The molecule has 0 radical (unpaired) electrons. The number of nitrogens with zero attached hydrogens (tertiary/aromatic N) is 4. The molecule has 1 atom stereocenters. The van der Waals surface area contributed by atoms with Gasteiger partial charge in [-0.2, -0.15) is 5.26 Å². The van der Waals surface area contributed by atoms with E-state index in [1.54, 1.807) is 19.2 Å². The Kier molecular flexibility index (Phi) is 7.24. The van der Waals surface area contributed by atoms with Gasteiger partial charge in [0.25, 0.3) is 5.91 Å². The van der Waals surface area contributed by atoms with E-state index < -0.39 is 23.9 Å². The van der Waals surface area contributed by atoms with Gasteiger partial charge in [0.15, 0.2) is 11.5 Å². The van der Waals surface area contributed by atoms with Crippen LogP contribution in [0.4, 0.5) is 11.5 Å². The van der Waals surface area contributed by atoms with Crippen LogP contribution in [-0.4, -0.2) is 51.1 Å². The van der Waals surface area contributed by atoms with Crippen molar-refractivity contribution in [2.75, 3.05) is 17.7 Å². The van der Waals surface area contributed by atoms with Crippen molar-refractivity contribution < 1.29 is 24.6 Å². The molecule has 0 aliphatic carbocycles. The smallest absolute Gasteiger partial charge is 0.326 e. The number of carbonyl (C=O) groups is 3. The van der Waals surface area contributed by atoms with Gasteiger partial charge in [-0.3, -0.25) is 9.59 Å². The summed E-state index contributed by atoms with van der Waals surface area (Å²) in [4.78, 5) is 44.0. The van der Waals surface area contributed by atoms with Gasteiger partial charge in [0.05, 0.1) is 18.4 Å². The molecule has 0 saturated carbocycles. The molecule has 0 aliphatic rings. The Morgan fingerprint density at radius 1 is 1.27 bits per heavy atom. The van der Waals surface area contributed by atoms with E-state index in [4.69, 9.17) is 21.2 Å². The van der Waals surface area contributed by atoms with Crippen LogP contribution in [0.15, 0.2) is 30.5 Å². The van der Waals surface area contributed by atoms with Gasteiger partial charge in [-0.25, -0.2) is 14.8 Å². The monoisotopic (exact) mass is 412 g/mol. The van der Waals surface area contributed by atoms with Gasteiger partial charge in [-0.05, 0) is 30.7 Å². The average Bonchev–Trinajstić information content (AvgIpc) is 2.71. The standard InChI is InChI=1S/C19H20N6O5/c1-25(10-12-9-22-17(21)15(8-20)23-12)13-4-2-11(3-5-13)18(28)24-14(19(29)30)6-7-16(26)27/h2-5,9,14H,6-7,10H2,1H3,(H2,21,22)(H,24,28)(H,26,27)(H,29,30)/t14-/m0/s1. The molecule has 0 aliphatic heterocycles. The number of nitrogen functional groups attached to an aromatic ring is 1. The number of amides is 1. The number of benzene rings is 1. The van der Waals surface area contributed by atoms with Crippen LogP contribution in [0.1, 0.15) is 34.6 Å². The summed E-state index contributed by atoms with van der Waals surface area (Å²) in [5.41, 5.74) is 7.11. The third-order valence-electron chi connectivity index (χ3n) is 4.18. The number of hydrogen-bond acceptors (Lipinski definition) is 8. The number of aromatic nitrogens is 2. The number of nitrogens with two attached hydrogens (primary N) is 1. The number of carboxylic acids is 2. The molecule has 2 aromatic rings. The maximum atomic E-state index is 12.3. The number of anilines is 2. The summed E-state index contributed by atoms with van der Waals surface area (Å²) < 4.78 is 0. The third-order valence-corrected chi connectivity index (χ3v) is 4.18. The number of nitrogens with one attached hydrogen (secondary N) is 1. The van der Waals surface area contributed by atoms with Gasteiger partial charge >= 0.3 is 11.9 Å². The quantitative estimate of drug-likeness (QED) is 0.455. The maximum Gasteiger partial charge on any atom is 0.326 e. The highest BCUT2D eigenvalue weighted by molar-refractivity contribution is 5.96. The van der Waals surface area contributed by atoms with Crippen molar-refractivity contribution in [2.24, 2.45) is 0 Å². The molecule has 156 valence electrons. The average molecular weight is 412 g/mol. The molecule has 1 amide bonds. The van der Waals surface area contributed by atoms with E-state index >= 15 is 0 Å². The van der Waals surface area contributed by atoms with E-state index in [2.05, 4.69) is 15.3 Å². The Balaban J connectivity index is 2.04. The predicted molar refractivity (Wildman–Crippen MR) is 105 cm³/mol. The van der Waals surface area contributed by atoms with Gasteiger partial charge in [-0.1, -0.05) is 0 Å². The molecule has 0 spiro atoms. The van der Waals surface area contributed by atoms with Crippen molar-refractivity contribution >= 4 is 29.4 Å². The second-order valence-electron chi connectivity index (χ2n) is 6.41. The summed E-state index contributed by atoms with van der Waals surface area (Å²) in [6.45, 7) is 0.337. The highest BCUT2D eigenvalue weighted by Gasteiger charge is 2.21. The number of aliphatic carboxylic acids is 2. The fourth-order valence-corrected chi connectivity index (χ4v) is 2.56. The molecule has 2 rings (SSSR count). The second-order valence-corrected chi connectivity index (χ2v) is 6.41. The molecule has 0 saturated heterocycles. The van der Waals surface area contributed by atoms with Crippen LogP contribution in [0.3, 0.4) is 0 Å². The molecule has 1 aromatic carbocycles. The second kappa shape index (κ2) is 9.83. The van der Waals surface area contributed by atoms with E-state index in [1.165, 1.54) is 18.3 Å². The maximum absolute atomic E-state index is 12.3. The van der Waals surface area contributed by atoms with Gasteiger partial charge in [0, 0.05) is 24.7 Å². The Hall–Kier alpha value is -4.20. The lowest BCUT2D eigenvalue weighted by Crippen LogP contribution is -2.41. The molecular weight excluding hydrogens is 392 g/mol. The van der Waals surface area contributed by atoms with Crippen molar-refractivity contribution in [1.82, 2.24) is 15.3 Å². The minimum Gasteiger partial charge on any atom is -0.481 e. The lowest BCUT2D eigenvalue weighted by Gasteiger charge is -2.19. The number of carboxylic acid groups (broad SMARTS) is 2. The van der Waals surface area contributed by atoms with Crippen molar-refractivity contribution in [2.45, 2.75) is 25.4 Å². The minimum absolute atomic E-state index is 0.0452. The largest absolute Gasteiger partial charge is 0.481 e. The first-order chi connectivity index (χ1) is 14.2. The Morgan fingerprint density at radius 2 is 1.93 bits per heavy atom. The zero-order valence-electron chi connectivity index (χ0n) is 16.1. The fourth-order valence-electron chi connectivity index (χ4n) is 2.56. The summed E-state index contributed by atoms with van der Waals surface area (Å²) in [5.74, 6) is -3.01. The zero-order valence-corrected chi connectivity index (χ0v) is 16.1. The van der Waals surface area contributed by atoms with Crippen LogP contribution in [0.5, 0.6) is 0 Å². The first-order valence-electron chi connectivity index (χ1n) is 8.79. The molecule has 5 N–H and O–H groups in total. The van der Waals surface area contributed by atoms with Gasteiger partial charge in [-0.15, -0.1) is 0 Å². The van der Waals surface area contributed by atoms with E-state index in [9.17, 15) is 14.4 Å². The molecule has 30 heavy (non-hydrogen) atoms. The van der Waals surface area contributed by atoms with Crippen LogP contribution in [0.25, 0.3) is 0 Å². The molecule has 0 bridgehead atoms. The van der Waals surface area contributed by atoms with E-state index in [1.807, 2.05) is 11.0 Å². The highest BCUT2D eigenvalue weighted by atomic mass is 16.4. The molecule has 11 nitrogen and oxygen atoms in total. The number of nitriles is 1. The topological polar surface area (TPSA) is 183 Å². The fraction of sp³-hybridized carbons (Fsp3) is 0.263. The van der Waals surface area contributed by atoms with Gasteiger partial charge < -0.3 is 26.2 Å². The third kappa shape index (κ3) is 5.90. The van der Waals surface area contributed by atoms with Crippen molar-refractivity contribution in [1.29, 1.82) is 5.26 Å². The van der Waals surface area contributed by atoms with Crippen molar-refractivity contribution in [3.8, 4) is 6.07 Å².